The SMILES string of the molecule is CCN(CC)C[C@@H](O)COc1ccc(CNCc2cc(F)cc(F)c2)cc1OC. The van der Waals surface area contributed by atoms with Crippen molar-refractivity contribution in [3.8, 4) is 11.5 Å². The average molecular weight is 408 g/mol. The minimum atomic E-state index is -0.590. The Morgan fingerprint density at radius 3 is 2.24 bits per heavy atom. The van der Waals surface area contributed by atoms with E-state index in [0.717, 1.165) is 24.7 Å². The number of methoxy groups -OCH3 is 1. The quantitative estimate of drug-likeness (QED) is 0.564. The molecule has 0 heterocycles. The Bertz CT molecular complexity index is 749. The predicted molar refractivity (Wildman–Crippen MR) is 109 cm³/mol. The summed E-state index contributed by atoms with van der Waals surface area (Å²) in [6, 6.07) is 8.97. The van der Waals surface area contributed by atoms with Crippen LogP contribution in [0, 0.1) is 11.6 Å². The first-order valence-corrected chi connectivity index (χ1v) is 9.81. The van der Waals surface area contributed by atoms with Gasteiger partial charge in [-0.05, 0) is 48.5 Å². The molecule has 0 radical (unpaired) electrons. The zero-order chi connectivity index (χ0) is 21.2. The molecule has 0 saturated carbocycles. The smallest absolute Gasteiger partial charge is 0.161 e. The Morgan fingerprint density at radius 1 is 0.966 bits per heavy atom. The minimum Gasteiger partial charge on any atom is -0.493 e. The van der Waals surface area contributed by atoms with Crippen molar-refractivity contribution in [3.05, 3.63) is 59.2 Å². The van der Waals surface area contributed by atoms with E-state index in [1.165, 1.54) is 12.1 Å². The van der Waals surface area contributed by atoms with Crippen molar-refractivity contribution in [2.45, 2.75) is 33.0 Å². The lowest BCUT2D eigenvalue weighted by Gasteiger charge is -2.22. The van der Waals surface area contributed by atoms with Gasteiger partial charge in [0, 0.05) is 25.7 Å². The molecule has 29 heavy (non-hydrogen) atoms. The van der Waals surface area contributed by atoms with Gasteiger partial charge in [-0.25, -0.2) is 8.78 Å². The third kappa shape index (κ3) is 7.61. The summed E-state index contributed by atoms with van der Waals surface area (Å²) in [6.07, 6.45) is -0.590. The molecule has 0 amide bonds. The van der Waals surface area contributed by atoms with Gasteiger partial charge in [-0.2, -0.15) is 0 Å². The van der Waals surface area contributed by atoms with Crippen LogP contribution in [0.25, 0.3) is 0 Å². The number of benzene rings is 2. The first-order chi connectivity index (χ1) is 13.9. The van der Waals surface area contributed by atoms with E-state index in [1.807, 2.05) is 12.1 Å². The second-order valence-corrected chi connectivity index (χ2v) is 6.82. The van der Waals surface area contributed by atoms with E-state index in [1.54, 1.807) is 13.2 Å². The zero-order valence-electron chi connectivity index (χ0n) is 17.3. The Morgan fingerprint density at radius 2 is 1.62 bits per heavy atom. The monoisotopic (exact) mass is 408 g/mol. The fourth-order valence-electron chi connectivity index (χ4n) is 3.02. The molecule has 5 nitrogen and oxygen atoms in total. The topological polar surface area (TPSA) is 54.0 Å². The summed E-state index contributed by atoms with van der Waals surface area (Å²) in [7, 11) is 1.56. The Labute approximate surface area is 171 Å². The highest BCUT2D eigenvalue weighted by molar-refractivity contribution is 5.43. The van der Waals surface area contributed by atoms with Gasteiger partial charge >= 0.3 is 0 Å². The lowest BCUT2D eigenvalue weighted by atomic mass is 10.1. The van der Waals surface area contributed by atoms with Gasteiger partial charge in [0.05, 0.1) is 7.11 Å². The van der Waals surface area contributed by atoms with Crippen molar-refractivity contribution in [2.24, 2.45) is 0 Å². The van der Waals surface area contributed by atoms with Crippen LogP contribution in [-0.4, -0.2) is 49.5 Å². The summed E-state index contributed by atoms with van der Waals surface area (Å²) in [5, 5.41) is 13.3. The second kappa shape index (κ2) is 11.7. The van der Waals surface area contributed by atoms with Crippen molar-refractivity contribution >= 4 is 0 Å². The Kier molecular flexibility index (Phi) is 9.31. The number of halogens is 2. The fourth-order valence-corrected chi connectivity index (χ4v) is 3.02. The number of rotatable bonds is 12. The van der Waals surface area contributed by atoms with Crippen LogP contribution < -0.4 is 14.8 Å². The molecule has 0 unspecified atom stereocenters. The number of nitrogens with zero attached hydrogens (tertiary/aromatic N) is 1. The van der Waals surface area contributed by atoms with Gasteiger partial charge in [-0.3, -0.25) is 0 Å². The van der Waals surface area contributed by atoms with E-state index in [-0.39, 0.29) is 6.61 Å². The van der Waals surface area contributed by atoms with Crippen LogP contribution in [0.4, 0.5) is 8.78 Å². The molecule has 2 aromatic carbocycles. The average Bonchev–Trinajstić information content (AvgIpc) is 2.70. The molecule has 0 aliphatic heterocycles. The third-order valence-corrected chi connectivity index (χ3v) is 4.60. The molecular weight excluding hydrogens is 378 g/mol. The first kappa shape index (κ1) is 23.1. The van der Waals surface area contributed by atoms with Crippen molar-refractivity contribution in [2.75, 3.05) is 33.4 Å². The van der Waals surface area contributed by atoms with Crippen molar-refractivity contribution in [1.29, 1.82) is 0 Å². The number of hydrogen-bond donors (Lipinski definition) is 2. The third-order valence-electron chi connectivity index (χ3n) is 4.60. The number of likely N-dealkylation sites (N-methyl/N-ethyl adjacent to an activating group) is 1. The molecule has 2 aromatic rings. The molecule has 160 valence electrons. The van der Waals surface area contributed by atoms with Gasteiger partial charge in [0.15, 0.2) is 11.5 Å². The molecule has 7 heteroatoms. The highest BCUT2D eigenvalue weighted by Crippen LogP contribution is 2.28. The first-order valence-electron chi connectivity index (χ1n) is 9.81. The minimum absolute atomic E-state index is 0.176. The molecular formula is C22H30F2N2O3. The lowest BCUT2D eigenvalue weighted by molar-refractivity contribution is 0.0705. The van der Waals surface area contributed by atoms with Crippen molar-refractivity contribution in [3.63, 3.8) is 0 Å². The van der Waals surface area contributed by atoms with Crippen LogP contribution >= 0.6 is 0 Å². The summed E-state index contributed by atoms with van der Waals surface area (Å²) in [6.45, 7) is 7.43. The molecule has 0 aliphatic rings. The highest BCUT2D eigenvalue weighted by Gasteiger charge is 2.12. The normalized spacial score (nSPS) is 12.2. The molecule has 0 bridgehead atoms. The molecule has 1 atom stereocenters. The van der Waals surface area contributed by atoms with E-state index in [2.05, 4.69) is 24.1 Å². The molecule has 0 saturated heterocycles. The summed E-state index contributed by atoms with van der Waals surface area (Å²) in [5.74, 6) is -0.0560. The van der Waals surface area contributed by atoms with Gasteiger partial charge in [0.2, 0.25) is 0 Å². The maximum atomic E-state index is 13.2. The number of hydrogen-bond acceptors (Lipinski definition) is 5. The van der Waals surface area contributed by atoms with Crippen LogP contribution in [0.5, 0.6) is 11.5 Å². The van der Waals surface area contributed by atoms with Gasteiger partial charge in [-0.15, -0.1) is 0 Å². The van der Waals surface area contributed by atoms with E-state index in [9.17, 15) is 13.9 Å². The highest BCUT2D eigenvalue weighted by atomic mass is 19.1. The van der Waals surface area contributed by atoms with Crippen LogP contribution in [-0.2, 0) is 13.1 Å². The molecule has 0 spiro atoms. The molecule has 2 N–H and O–H groups in total. The summed E-state index contributed by atoms with van der Waals surface area (Å²) >= 11 is 0. The van der Waals surface area contributed by atoms with Crippen LogP contribution in [0.15, 0.2) is 36.4 Å². The Hall–Kier alpha value is -2.22. The zero-order valence-corrected chi connectivity index (χ0v) is 17.3. The second-order valence-electron chi connectivity index (χ2n) is 6.82. The lowest BCUT2D eigenvalue weighted by Crippen LogP contribution is -2.35. The van der Waals surface area contributed by atoms with Gasteiger partial charge in [0.1, 0.15) is 24.3 Å². The number of ether oxygens (including phenoxy) is 2. The van der Waals surface area contributed by atoms with Crippen molar-refractivity contribution in [1.82, 2.24) is 10.2 Å². The molecule has 2 rings (SSSR count). The van der Waals surface area contributed by atoms with Crippen LogP contribution in [0.3, 0.4) is 0 Å². The number of aliphatic hydroxyl groups is 1. The molecule has 0 aromatic heterocycles. The summed E-state index contributed by atoms with van der Waals surface area (Å²) in [4.78, 5) is 2.13. The van der Waals surface area contributed by atoms with E-state index >= 15 is 0 Å². The van der Waals surface area contributed by atoms with E-state index < -0.39 is 17.7 Å². The maximum absolute atomic E-state index is 13.2. The summed E-state index contributed by atoms with van der Waals surface area (Å²) in [5.41, 5.74) is 1.48. The van der Waals surface area contributed by atoms with Gasteiger partial charge < -0.3 is 24.8 Å². The molecule has 0 aliphatic carbocycles. The number of aliphatic hydroxyl groups excluding tert-OH is 1. The van der Waals surface area contributed by atoms with E-state index in [4.69, 9.17) is 9.47 Å². The summed E-state index contributed by atoms with van der Waals surface area (Å²) < 4.78 is 37.6. The standard InChI is InChI=1S/C22H30F2N2O3/c1-4-26(5-2)14-20(27)15-29-21-7-6-16(10-22(21)28-3)12-25-13-17-8-18(23)11-19(24)9-17/h6-11,20,25,27H,4-5,12-15H2,1-3H3/t20-/m1/s1. The van der Waals surface area contributed by atoms with Crippen LogP contribution in [0.2, 0.25) is 0 Å². The van der Waals surface area contributed by atoms with Crippen LogP contribution in [0.1, 0.15) is 25.0 Å². The van der Waals surface area contributed by atoms with E-state index in [0.29, 0.717) is 36.7 Å². The van der Waals surface area contributed by atoms with Crippen molar-refractivity contribution < 1.29 is 23.4 Å². The fraction of sp³-hybridized carbons (Fsp3) is 0.455. The number of nitrogens with one attached hydrogen (secondary N) is 1. The Balaban J connectivity index is 1.88. The van der Waals surface area contributed by atoms with Gasteiger partial charge in [-0.1, -0.05) is 19.9 Å². The largest absolute Gasteiger partial charge is 0.493 e. The molecule has 0 fully saturated rings. The predicted octanol–water partition coefficient (Wildman–Crippen LogP) is 3.34. The van der Waals surface area contributed by atoms with Gasteiger partial charge in [0.25, 0.3) is 0 Å². The maximum Gasteiger partial charge on any atom is 0.161 e.